The molecule has 1 aliphatic rings. The monoisotopic (exact) mass is 308 g/mol. The summed E-state index contributed by atoms with van der Waals surface area (Å²) in [6.45, 7) is 2.55. The molecule has 0 aliphatic carbocycles. The number of benzene rings is 1. The first-order valence-electron chi connectivity index (χ1n) is 7.51. The summed E-state index contributed by atoms with van der Waals surface area (Å²) in [6.07, 6.45) is 1.48. The Kier molecular flexibility index (Phi) is 5.63. The molecule has 22 heavy (non-hydrogen) atoms. The molecule has 0 bridgehead atoms. The average molecular weight is 308 g/mol. The zero-order valence-electron chi connectivity index (χ0n) is 13.0. The van der Waals surface area contributed by atoms with Crippen LogP contribution in [0.3, 0.4) is 0 Å². The van der Waals surface area contributed by atoms with Gasteiger partial charge in [0.25, 0.3) is 0 Å². The maximum Gasteiger partial charge on any atom is 0.220 e. The number of hydrogen-bond acceptors (Lipinski definition) is 5. The molecule has 1 aromatic rings. The first-order chi connectivity index (χ1) is 10.5. The molecule has 122 valence electrons. The number of nitrogens with two attached hydrogens (primary N) is 1. The van der Waals surface area contributed by atoms with E-state index in [0.29, 0.717) is 26.1 Å². The van der Waals surface area contributed by atoms with Crippen LogP contribution in [-0.4, -0.2) is 54.9 Å². The zero-order chi connectivity index (χ0) is 16.0. The van der Waals surface area contributed by atoms with Crippen LogP contribution in [-0.2, 0) is 4.79 Å². The number of ether oxygens (including phenoxy) is 2. The first kappa shape index (κ1) is 16.6. The van der Waals surface area contributed by atoms with E-state index in [1.165, 1.54) is 0 Å². The number of carbonyl (C=O) groups is 1. The molecule has 1 heterocycles. The molecule has 0 radical (unpaired) electrons. The summed E-state index contributed by atoms with van der Waals surface area (Å²) in [5.41, 5.74) is 4.20. The topological polar surface area (TPSA) is 85.0 Å². The summed E-state index contributed by atoms with van der Waals surface area (Å²) in [5.74, 6) is 1.05. The number of piperidine rings is 1. The van der Waals surface area contributed by atoms with E-state index in [2.05, 4.69) is 4.90 Å². The van der Waals surface area contributed by atoms with Crippen molar-refractivity contribution < 1.29 is 19.4 Å². The summed E-state index contributed by atoms with van der Waals surface area (Å²) >= 11 is 0. The predicted octanol–water partition coefficient (Wildman–Crippen LogP) is 0.776. The Morgan fingerprint density at radius 3 is 2.95 bits per heavy atom. The van der Waals surface area contributed by atoms with Gasteiger partial charge in [-0.15, -0.1) is 0 Å². The lowest BCUT2D eigenvalue weighted by Crippen LogP contribution is -2.50. The molecular weight excluding hydrogens is 284 g/mol. The van der Waals surface area contributed by atoms with Crippen molar-refractivity contribution in [3.8, 4) is 11.5 Å². The quantitative estimate of drug-likeness (QED) is 0.777. The third kappa shape index (κ3) is 4.89. The van der Waals surface area contributed by atoms with E-state index in [-0.39, 0.29) is 6.42 Å². The van der Waals surface area contributed by atoms with Crippen LogP contribution >= 0.6 is 0 Å². The number of aliphatic hydroxyl groups is 1. The van der Waals surface area contributed by atoms with Crippen molar-refractivity contribution >= 4 is 5.91 Å². The molecule has 6 heteroatoms. The maximum absolute atomic E-state index is 11.0. The van der Waals surface area contributed by atoms with Gasteiger partial charge in [-0.1, -0.05) is 6.07 Å². The first-order valence-corrected chi connectivity index (χ1v) is 7.51. The molecule has 3 N–H and O–H groups in total. The van der Waals surface area contributed by atoms with Gasteiger partial charge in [-0.3, -0.25) is 9.69 Å². The van der Waals surface area contributed by atoms with E-state index < -0.39 is 11.5 Å². The highest BCUT2D eigenvalue weighted by molar-refractivity contribution is 5.75. The van der Waals surface area contributed by atoms with Crippen LogP contribution in [0.4, 0.5) is 0 Å². The number of amides is 1. The highest BCUT2D eigenvalue weighted by Gasteiger charge is 2.34. The molecule has 6 nitrogen and oxygen atoms in total. The van der Waals surface area contributed by atoms with E-state index >= 15 is 0 Å². The van der Waals surface area contributed by atoms with E-state index in [0.717, 1.165) is 24.5 Å². The van der Waals surface area contributed by atoms with Crippen LogP contribution in [0.2, 0.25) is 0 Å². The number of primary amides is 1. The number of nitrogens with zero attached hydrogens (tertiary/aromatic N) is 1. The largest absolute Gasteiger partial charge is 0.497 e. The summed E-state index contributed by atoms with van der Waals surface area (Å²) in [7, 11) is 1.62. The molecule has 1 saturated heterocycles. The van der Waals surface area contributed by atoms with Crippen molar-refractivity contribution in [2.45, 2.75) is 24.9 Å². The molecular formula is C16H24N2O4. The van der Waals surface area contributed by atoms with E-state index in [4.69, 9.17) is 15.2 Å². The molecule has 0 aromatic heterocycles. The Balaban J connectivity index is 1.80. The highest BCUT2D eigenvalue weighted by atomic mass is 16.5. The number of β-amino-alcohol motifs (C(OH)–C–C–N with tert-alkyl or cyclic N) is 1. The minimum Gasteiger partial charge on any atom is -0.497 e. The van der Waals surface area contributed by atoms with Crippen LogP contribution in [0.5, 0.6) is 11.5 Å². The summed E-state index contributed by atoms with van der Waals surface area (Å²) in [6, 6.07) is 7.45. The number of methoxy groups -OCH3 is 1. The molecule has 0 saturated carbocycles. The van der Waals surface area contributed by atoms with Crippen molar-refractivity contribution in [2.24, 2.45) is 5.73 Å². The summed E-state index contributed by atoms with van der Waals surface area (Å²) < 4.78 is 10.9. The SMILES string of the molecule is COc1cccc(OCCN2CCCC(O)(CC(N)=O)C2)c1. The van der Waals surface area contributed by atoms with Crippen LogP contribution < -0.4 is 15.2 Å². The van der Waals surface area contributed by atoms with Gasteiger partial charge in [0.05, 0.1) is 19.1 Å². The molecule has 1 aromatic carbocycles. The van der Waals surface area contributed by atoms with Crippen molar-refractivity contribution in [1.82, 2.24) is 4.90 Å². The maximum atomic E-state index is 11.0. The average Bonchev–Trinajstić information content (AvgIpc) is 2.46. The Morgan fingerprint density at radius 1 is 1.45 bits per heavy atom. The normalized spacial score (nSPS) is 22.3. The Labute approximate surface area is 130 Å². The number of likely N-dealkylation sites (tertiary alicyclic amines) is 1. The van der Waals surface area contributed by atoms with E-state index in [9.17, 15) is 9.90 Å². The Bertz CT molecular complexity index is 509. The molecule has 1 amide bonds. The van der Waals surface area contributed by atoms with Crippen LogP contribution in [0.25, 0.3) is 0 Å². The van der Waals surface area contributed by atoms with Crippen molar-refractivity contribution in [3.63, 3.8) is 0 Å². The minimum absolute atomic E-state index is 0.0141. The van der Waals surface area contributed by atoms with Gasteiger partial charge in [0.1, 0.15) is 18.1 Å². The fourth-order valence-corrected chi connectivity index (χ4v) is 2.85. The molecule has 1 aliphatic heterocycles. The van der Waals surface area contributed by atoms with Gasteiger partial charge in [-0.05, 0) is 31.5 Å². The van der Waals surface area contributed by atoms with Gasteiger partial charge in [-0.25, -0.2) is 0 Å². The van der Waals surface area contributed by atoms with Gasteiger partial charge in [0.15, 0.2) is 0 Å². The second kappa shape index (κ2) is 7.47. The Morgan fingerprint density at radius 2 is 2.23 bits per heavy atom. The van der Waals surface area contributed by atoms with Crippen molar-refractivity contribution in [2.75, 3.05) is 33.4 Å². The van der Waals surface area contributed by atoms with Gasteiger partial charge in [-0.2, -0.15) is 0 Å². The fraction of sp³-hybridized carbons (Fsp3) is 0.562. The van der Waals surface area contributed by atoms with Gasteiger partial charge >= 0.3 is 0 Å². The minimum atomic E-state index is -1.000. The molecule has 0 spiro atoms. The molecule has 1 atom stereocenters. The summed E-state index contributed by atoms with van der Waals surface area (Å²) in [5, 5.41) is 10.4. The van der Waals surface area contributed by atoms with E-state index in [1.807, 2.05) is 24.3 Å². The smallest absolute Gasteiger partial charge is 0.220 e. The molecule has 1 fully saturated rings. The highest BCUT2D eigenvalue weighted by Crippen LogP contribution is 2.24. The van der Waals surface area contributed by atoms with Gasteiger partial charge in [0, 0.05) is 19.2 Å². The van der Waals surface area contributed by atoms with Crippen LogP contribution in [0.15, 0.2) is 24.3 Å². The number of carbonyl (C=O) groups excluding carboxylic acids is 1. The lowest BCUT2D eigenvalue weighted by Gasteiger charge is -2.38. The third-order valence-electron chi connectivity index (χ3n) is 3.86. The van der Waals surface area contributed by atoms with Crippen LogP contribution in [0.1, 0.15) is 19.3 Å². The van der Waals surface area contributed by atoms with Crippen LogP contribution in [0, 0.1) is 0 Å². The standard InChI is InChI=1S/C16H24N2O4/c1-21-13-4-2-5-14(10-13)22-9-8-18-7-3-6-16(20,12-18)11-15(17)19/h2,4-5,10,20H,3,6-9,11-12H2,1H3,(H2,17,19). The second-order valence-corrected chi connectivity index (χ2v) is 5.77. The van der Waals surface area contributed by atoms with E-state index in [1.54, 1.807) is 7.11 Å². The summed E-state index contributed by atoms with van der Waals surface area (Å²) in [4.78, 5) is 13.1. The predicted molar refractivity (Wildman–Crippen MR) is 82.9 cm³/mol. The Hall–Kier alpha value is -1.79. The fourth-order valence-electron chi connectivity index (χ4n) is 2.85. The van der Waals surface area contributed by atoms with Crippen molar-refractivity contribution in [1.29, 1.82) is 0 Å². The second-order valence-electron chi connectivity index (χ2n) is 5.77. The number of hydrogen-bond donors (Lipinski definition) is 2. The van der Waals surface area contributed by atoms with Crippen molar-refractivity contribution in [3.05, 3.63) is 24.3 Å². The number of rotatable bonds is 7. The van der Waals surface area contributed by atoms with Gasteiger partial charge < -0.3 is 20.3 Å². The lowest BCUT2D eigenvalue weighted by atomic mass is 9.89. The lowest BCUT2D eigenvalue weighted by molar-refractivity contribution is -0.125. The zero-order valence-corrected chi connectivity index (χ0v) is 13.0. The molecule has 2 rings (SSSR count). The van der Waals surface area contributed by atoms with Gasteiger partial charge in [0.2, 0.25) is 5.91 Å². The molecule has 1 unspecified atom stereocenters. The third-order valence-corrected chi connectivity index (χ3v) is 3.86.